The predicted octanol–water partition coefficient (Wildman–Crippen LogP) is 2.55. The van der Waals surface area contributed by atoms with Gasteiger partial charge in [0.1, 0.15) is 0 Å². The number of nitrogens with one attached hydrogen (secondary N) is 1. The minimum Gasteiger partial charge on any atom is -0.381 e. The zero-order valence-corrected chi connectivity index (χ0v) is 12.2. The summed E-state index contributed by atoms with van der Waals surface area (Å²) in [6, 6.07) is 0.635. The van der Waals surface area contributed by atoms with Gasteiger partial charge < -0.3 is 15.0 Å². The van der Waals surface area contributed by atoms with Crippen molar-refractivity contribution in [2.45, 2.75) is 44.6 Å². The van der Waals surface area contributed by atoms with Gasteiger partial charge in [-0.3, -0.25) is 0 Å². The average Bonchev–Trinajstić information content (AvgIpc) is 3.20. The lowest BCUT2D eigenvalue weighted by atomic mass is 9.94. The predicted molar refractivity (Wildman–Crippen MR) is 78.5 cm³/mol. The van der Waals surface area contributed by atoms with Crippen LogP contribution < -0.4 is 5.32 Å². The number of carbonyl (C=O) groups is 1. The van der Waals surface area contributed by atoms with Gasteiger partial charge in [0.25, 0.3) is 0 Å². The van der Waals surface area contributed by atoms with Crippen LogP contribution in [0.15, 0.2) is 12.2 Å². The largest absolute Gasteiger partial charge is 0.381 e. The van der Waals surface area contributed by atoms with Gasteiger partial charge in [0, 0.05) is 31.7 Å². The first-order valence-corrected chi connectivity index (χ1v) is 8.10. The average molecular weight is 278 g/mol. The molecule has 0 spiro atoms. The number of hydrogen-bond acceptors (Lipinski definition) is 2. The summed E-state index contributed by atoms with van der Waals surface area (Å²) >= 11 is 0. The van der Waals surface area contributed by atoms with E-state index in [4.69, 9.17) is 4.74 Å². The second-order valence-electron chi connectivity index (χ2n) is 6.45. The lowest BCUT2D eigenvalue weighted by Crippen LogP contribution is -2.45. The van der Waals surface area contributed by atoms with Crippen molar-refractivity contribution in [3.05, 3.63) is 12.2 Å². The van der Waals surface area contributed by atoms with Crippen LogP contribution in [0.5, 0.6) is 0 Å². The second kappa shape index (κ2) is 6.61. The summed E-state index contributed by atoms with van der Waals surface area (Å²) in [7, 11) is 0. The minimum absolute atomic E-state index is 0.147. The van der Waals surface area contributed by atoms with Crippen LogP contribution in [0.1, 0.15) is 38.5 Å². The van der Waals surface area contributed by atoms with E-state index in [1.54, 1.807) is 0 Å². The molecule has 1 aliphatic heterocycles. The molecule has 1 saturated carbocycles. The van der Waals surface area contributed by atoms with E-state index >= 15 is 0 Å². The molecule has 2 fully saturated rings. The monoisotopic (exact) mass is 278 g/mol. The highest BCUT2D eigenvalue weighted by atomic mass is 16.5. The Balaban J connectivity index is 1.46. The molecule has 3 rings (SSSR count). The van der Waals surface area contributed by atoms with Gasteiger partial charge in [-0.15, -0.1) is 0 Å². The van der Waals surface area contributed by atoms with E-state index < -0.39 is 0 Å². The van der Waals surface area contributed by atoms with Crippen LogP contribution in [-0.2, 0) is 4.74 Å². The molecule has 1 N–H and O–H groups in total. The summed E-state index contributed by atoms with van der Waals surface area (Å²) in [5.74, 6) is 1.17. The molecular formula is C16H26N2O2. The third-order valence-corrected chi connectivity index (χ3v) is 4.65. The summed E-state index contributed by atoms with van der Waals surface area (Å²) < 4.78 is 5.43. The second-order valence-corrected chi connectivity index (χ2v) is 6.45. The van der Waals surface area contributed by atoms with Crippen LogP contribution in [0, 0.1) is 11.8 Å². The summed E-state index contributed by atoms with van der Waals surface area (Å²) in [5, 5.41) is 3.16. The van der Waals surface area contributed by atoms with Crippen LogP contribution >= 0.6 is 0 Å². The fourth-order valence-corrected chi connectivity index (χ4v) is 3.16. The molecule has 0 aromatic heterocycles. The molecule has 2 amide bonds. The van der Waals surface area contributed by atoms with E-state index in [1.165, 1.54) is 19.3 Å². The highest BCUT2D eigenvalue weighted by Crippen LogP contribution is 2.29. The van der Waals surface area contributed by atoms with Crippen molar-refractivity contribution < 1.29 is 9.53 Å². The maximum absolute atomic E-state index is 12.4. The molecule has 4 heteroatoms. The topological polar surface area (TPSA) is 41.6 Å². The summed E-state index contributed by atoms with van der Waals surface area (Å²) in [5.41, 5.74) is 0. The summed E-state index contributed by atoms with van der Waals surface area (Å²) in [4.78, 5) is 14.5. The Bertz CT molecular complexity index is 359. The molecule has 20 heavy (non-hydrogen) atoms. The molecule has 2 atom stereocenters. The molecule has 0 bridgehead atoms. The normalized spacial score (nSPS) is 29.4. The Morgan fingerprint density at radius 3 is 2.75 bits per heavy atom. The molecule has 112 valence electrons. The molecule has 4 nitrogen and oxygen atoms in total. The Morgan fingerprint density at radius 2 is 2.10 bits per heavy atom. The molecule has 0 aromatic carbocycles. The summed E-state index contributed by atoms with van der Waals surface area (Å²) in [6.45, 7) is 3.39. The SMILES string of the molecule is O=C(NCC1CC=CCC1)N(CC1CCOC1)C1CC1. The van der Waals surface area contributed by atoms with Crippen molar-refractivity contribution in [3.63, 3.8) is 0 Å². The zero-order valence-electron chi connectivity index (χ0n) is 12.2. The molecule has 3 aliphatic rings. The minimum atomic E-state index is 0.147. The standard InChI is InChI=1S/C16H26N2O2/c19-16(17-10-13-4-2-1-3-5-13)18(15-6-7-15)11-14-8-9-20-12-14/h1-2,13-15H,3-12H2,(H,17,19). The van der Waals surface area contributed by atoms with Crippen molar-refractivity contribution in [2.75, 3.05) is 26.3 Å². The van der Waals surface area contributed by atoms with Crippen molar-refractivity contribution in [1.82, 2.24) is 10.2 Å². The van der Waals surface area contributed by atoms with E-state index in [9.17, 15) is 4.79 Å². The third-order valence-electron chi connectivity index (χ3n) is 4.65. The third kappa shape index (κ3) is 3.75. The molecule has 0 aromatic rings. The van der Waals surface area contributed by atoms with Crippen molar-refractivity contribution in [1.29, 1.82) is 0 Å². The number of allylic oxidation sites excluding steroid dienone is 2. The molecule has 1 heterocycles. The number of carbonyl (C=O) groups excluding carboxylic acids is 1. The van der Waals surface area contributed by atoms with E-state index in [0.717, 1.165) is 45.6 Å². The fraction of sp³-hybridized carbons (Fsp3) is 0.812. The lowest BCUT2D eigenvalue weighted by molar-refractivity contribution is 0.161. The first kappa shape index (κ1) is 13.9. The first-order chi connectivity index (χ1) is 9.83. The van der Waals surface area contributed by atoms with Gasteiger partial charge in [0.2, 0.25) is 0 Å². The van der Waals surface area contributed by atoms with Gasteiger partial charge in [-0.05, 0) is 44.4 Å². The Morgan fingerprint density at radius 1 is 1.20 bits per heavy atom. The Labute approximate surface area is 121 Å². The lowest BCUT2D eigenvalue weighted by Gasteiger charge is -2.27. The van der Waals surface area contributed by atoms with E-state index in [1.807, 2.05) is 0 Å². The quantitative estimate of drug-likeness (QED) is 0.785. The van der Waals surface area contributed by atoms with Crippen LogP contribution in [0.3, 0.4) is 0 Å². The van der Waals surface area contributed by atoms with Crippen molar-refractivity contribution in [3.8, 4) is 0 Å². The maximum atomic E-state index is 12.4. The number of hydrogen-bond donors (Lipinski definition) is 1. The van der Waals surface area contributed by atoms with Gasteiger partial charge in [0.05, 0.1) is 6.61 Å². The van der Waals surface area contributed by atoms with E-state index in [-0.39, 0.29) is 6.03 Å². The number of nitrogens with zero attached hydrogens (tertiary/aromatic N) is 1. The number of ether oxygens (including phenoxy) is 1. The highest BCUT2D eigenvalue weighted by molar-refractivity contribution is 5.75. The molecule has 2 unspecified atom stereocenters. The molecule has 0 radical (unpaired) electrons. The summed E-state index contributed by atoms with van der Waals surface area (Å²) in [6.07, 6.45) is 11.4. The maximum Gasteiger partial charge on any atom is 0.317 e. The molecule has 2 aliphatic carbocycles. The van der Waals surface area contributed by atoms with Gasteiger partial charge >= 0.3 is 6.03 Å². The molecule has 1 saturated heterocycles. The van der Waals surface area contributed by atoms with Gasteiger partial charge in [-0.2, -0.15) is 0 Å². The van der Waals surface area contributed by atoms with Gasteiger partial charge in [-0.25, -0.2) is 4.79 Å². The zero-order chi connectivity index (χ0) is 13.8. The van der Waals surface area contributed by atoms with Gasteiger partial charge in [-0.1, -0.05) is 12.2 Å². The van der Waals surface area contributed by atoms with Gasteiger partial charge in [0.15, 0.2) is 0 Å². The molecular weight excluding hydrogens is 252 g/mol. The van der Waals surface area contributed by atoms with Crippen LogP contribution in [-0.4, -0.2) is 43.3 Å². The van der Waals surface area contributed by atoms with Crippen molar-refractivity contribution >= 4 is 6.03 Å². The van der Waals surface area contributed by atoms with Crippen molar-refractivity contribution in [2.24, 2.45) is 11.8 Å². The van der Waals surface area contributed by atoms with Crippen LogP contribution in [0.4, 0.5) is 4.79 Å². The number of rotatable bonds is 5. The van der Waals surface area contributed by atoms with Crippen LogP contribution in [0.25, 0.3) is 0 Å². The van der Waals surface area contributed by atoms with E-state index in [2.05, 4.69) is 22.4 Å². The smallest absolute Gasteiger partial charge is 0.317 e. The fourth-order valence-electron chi connectivity index (χ4n) is 3.16. The Kier molecular flexibility index (Phi) is 4.61. The highest BCUT2D eigenvalue weighted by Gasteiger charge is 2.34. The Hall–Kier alpha value is -1.03. The van der Waals surface area contributed by atoms with E-state index in [0.29, 0.717) is 17.9 Å². The van der Waals surface area contributed by atoms with Crippen LogP contribution in [0.2, 0.25) is 0 Å². The first-order valence-electron chi connectivity index (χ1n) is 8.10. The number of urea groups is 1. The number of amides is 2.